The summed E-state index contributed by atoms with van der Waals surface area (Å²) in [6, 6.07) is 11.8. The zero-order valence-electron chi connectivity index (χ0n) is 18.7. The Balaban J connectivity index is 2.13. The lowest BCUT2D eigenvalue weighted by molar-refractivity contribution is -0.384. The molecule has 0 spiro atoms. The van der Waals surface area contributed by atoms with Gasteiger partial charge < -0.3 is 19.8 Å². The van der Waals surface area contributed by atoms with Crippen molar-refractivity contribution in [1.29, 1.82) is 0 Å². The zero-order chi connectivity index (χ0) is 25.0. The molecule has 174 valence electrons. The summed E-state index contributed by atoms with van der Waals surface area (Å²) in [5.41, 5.74) is 1.49. The van der Waals surface area contributed by atoms with Crippen molar-refractivity contribution >= 4 is 17.6 Å². The average molecular weight is 462 g/mol. The second kappa shape index (κ2) is 9.92. The standard InChI is InChI=1S/C25H22N2O7/c1-15-21(24(29)30)23(18-7-4-8-19(14-18)27(32)33)22(25(31)34-3)16(2)26(15)13-5-6-17-9-11-20(28)12-10-17/h4,7-12,14,23,28H,13H2,1-3H3,(H,29,30). The molecule has 2 N–H and O–H groups in total. The molecule has 2 aromatic carbocycles. The first-order valence-electron chi connectivity index (χ1n) is 10.2. The number of ether oxygens (including phenoxy) is 1. The van der Waals surface area contributed by atoms with Crippen molar-refractivity contribution < 1.29 is 29.5 Å². The number of hydrogen-bond acceptors (Lipinski definition) is 7. The van der Waals surface area contributed by atoms with Crippen molar-refractivity contribution in [3.63, 3.8) is 0 Å². The highest BCUT2D eigenvalue weighted by atomic mass is 16.6. The molecule has 1 heterocycles. The Kier molecular flexibility index (Phi) is 7.02. The van der Waals surface area contributed by atoms with E-state index in [1.807, 2.05) is 0 Å². The van der Waals surface area contributed by atoms with Gasteiger partial charge in [-0.15, -0.1) is 0 Å². The molecule has 1 unspecified atom stereocenters. The van der Waals surface area contributed by atoms with E-state index >= 15 is 0 Å². The van der Waals surface area contributed by atoms with Crippen LogP contribution in [0.1, 0.15) is 30.9 Å². The van der Waals surface area contributed by atoms with Gasteiger partial charge in [-0.05, 0) is 43.7 Å². The van der Waals surface area contributed by atoms with Gasteiger partial charge in [0.25, 0.3) is 5.69 Å². The third kappa shape index (κ3) is 4.76. The monoisotopic (exact) mass is 462 g/mol. The highest BCUT2D eigenvalue weighted by Crippen LogP contribution is 2.42. The van der Waals surface area contributed by atoms with Crippen molar-refractivity contribution in [3.8, 4) is 17.6 Å². The van der Waals surface area contributed by atoms with Crippen LogP contribution in [0.4, 0.5) is 5.69 Å². The van der Waals surface area contributed by atoms with Gasteiger partial charge in [0.15, 0.2) is 0 Å². The number of carboxylic acids is 1. The van der Waals surface area contributed by atoms with Crippen molar-refractivity contribution in [2.45, 2.75) is 19.8 Å². The van der Waals surface area contributed by atoms with Crippen LogP contribution < -0.4 is 0 Å². The first kappa shape index (κ1) is 24.1. The molecule has 9 heteroatoms. The highest BCUT2D eigenvalue weighted by molar-refractivity contribution is 5.99. The van der Waals surface area contributed by atoms with Gasteiger partial charge in [0, 0.05) is 29.1 Å². The van der Waals surface area contributed by atoms with Gasteiger partial charge in [-0.2, -0.15) is 0 Å². The molecule has 1 aliphatic heterocycles. The van der Waals surface area contributed by atoms with Gasteiger partial charge in [-0.25, -0.2) is 9.59 Å². The predicted octanol–water partition coefficient (Wildman–Crippen LogP) is 3.56. The Bertz CT molecular complexity index is 1280. The quantitative estimate of drug-likeness (QED) is 0.299. The second-order valence-electron chi connectivity index (χ2n) is 7.51. The molecule has 1 aliphatic rings. The molecule has 34 heavy (non-hydrogen) atoms. The van der Waals surface area contributed by atoms with E-state index in [4.69, 9.17) is 4.74 Å². The number of nitro groups is 1. The summed E-state index contributed by atoms with van der Waals surface area (Å²) in [5.74, 6) is 2.94. The topological polar surface area (TPSA) is 130 Å². The van der Waals surface area contributed by atoms with Crippen molar-refractivity contribution in [2.24, 2.45) is 0 Å². The van der Waals surface area contributed by atoms with Crippen molar-refractivity contribution in [3.05, 3.63) is 92.3 Å². The number of nitrogens with zero attached hydrogens (tertiary/aromatic N) is 2. The number of rotatable bonds is 5. The molecule has 0 saturated carbocycles. The van der Waals surface area contributed by atoms with Gasteiger partial charge in [0.1, 0.15) is 5.75 Å². The number of aromatic hydroxyl groups is 1. The van der Waals surface area contributed by atoms with Crippen molar-refractivity contribution in [2.75, 3.05) is 13.7 Å². The maximum absolute atomic E-state index is 12.8. The van der Waals surface area contributed by atoms with E-state index in [9.17, 15) is 29.9 Å². The van der Waals surface area contributed by atoms with Gasteiger partial charge in [-0.3, -0.25) is 10.1 Å². The third-order valence-electron chi connectivity index (χ3n) is 5.55. The highest BCUT2D eigenvalue weighted by Gasteiger charge is 2.40. The van der Waals surface area contributed by atoms with E-state index in [0.717, 1.165) is 0 Å². The van der Waals surface area contributed by atoms with Gasteiger partial charge in [0.2, 0.25) is 0 Å². The summed E-state index contributed by atoms with van der Waals surface area (Å²) in [6.45, 7) is 3.34. The number of phenols is 1. The number of aliphatic carboxylic acids is 1. The van der Waals surface area contributed by atoms with Crippen molar-refractivity contribution in [1.82, 2.24) is 4.90 Å². The van der Waals surface area contributed by atoms with E-state index in [1.54, 1.807) is 36.9 Å². The summed E-state index contributed by atoms with van der Waals surface area (Å²) in [5, 5.41) is 30.8. The Morgan fingerprint density at radius 1 is 1.12 bits per heavy atom. The number of non-ortho nitro benzene ring substituents is 1. The van der Waals surface area contributed by atoms with E-state index in [1.165, 1.54) is 37.4 Å². The summed E-state index contributed by atoms with van der Waals surface area (Å²) in [4.78, 5) is 37.5. The lowest BCUT2D eigenvalue weighted by atomic mass is 9.79. The Morgan fingerprint density at radius 3 is 2.35 bits per heavy atom. The number of carbonyl (C=O) groups excluding carboxylic acids is 1. The number of carboxylic acid groups (broad SMARTS) is 1. The first-order chi connectivity index (χ1) is 16.1. The van der Waals surface area contributed by atoms with Gasteiger partial charge in [-0.1, -0.05) is 24.0 Å². The summed E-state index contributed by atoms with van der Waals surface area (Å²) in [7, 11) is 1.19. The van der Waals surface area contributed by atoms with Crippen LogP contribution in [-0.2, 0) is 14.3 Å². The molecule has 0 saturated heterocycles. The van der Waals surface area contributed by atoms with E-state index in [-0.39, 0.29) is 29.1 Å². The Hall–Kier alpha value is -4.58. The number of benzene rings is 2. The molecule has 2 aromatic rings. The molecule has 0 fully saturated rings. The number of carbonyl (C=O) groups is 2. The van der Waals surface area contributed by atoms with Gasteiger partial charge in [0.05, 0.1) is 35.6 Å². The summed E-state index contributed by atoms with van der Waals surface area (Å²) in [6.07, 6.45) is 0. The molecule has 3 rings (SSSR count). The minimum Gasteiger partial charge on any atom is -0.508 e. The molecule has 0 amide bonds. The smallest absolute Gasteiger partial charge is 0.336 e. The molecule has 0 radical (unpaired) electrons. The molecule has 1 atom stereocenters. The largest absolute Gasteiger partial charge is 0.508 e. The lowest BCUT2D eigenvalue weighted by Crippen LogP contribution is -2.35. The molecule has 0 bridgehead atoms. The normalized spacial score (nSPS) is 15.5. The molecule has 0 aliphatic carbocycles. The Labute approximate surface area is 195 Å². The molecular formula is C25H22N2O7. The molecule has 0 aromatic heterocycles. The number of hydrogen-bond donors (Lipinski definition) is 2. The maximum Gasteiger partial charge on any atom is 0.336 e. The Morgan fingerprint density at radius 2 is 1.76 bits per heavy atom. The van der Waals surface area contributed by atoms with Crippen LogP contribution in [0.5, 0.6) is 5.75 Å². The minimum absolute atomic E-state index is 0.0671. The molecule has 9 nitrogen and oxygen atoms in total. The van der Waals surface area contributed by atoms with Crippen LogP contribution in [0.3, 0.4) is 0 Å². The van der Waals surface area contributed by atoms with E-state index < -0.39 is 22.8 Å². The van der Waals surface area contributed by atoms with Crippen LogP contribution in [0.25, 0.3) is 0 Å². The minimum atomic E-state index is -1.26. The fourth-order valence-electron chi connectivity index (χ4n) is 3.91. The second-order valence-corrected chi connectivity index (χ2v) is 7.51. The summed E-state index contributed by atoms with van der Waals surface area (Å²) < 4.78 is 4.95. The third-order valence-corrected chi connectivity index (χ3v) is 5.55. The SMILES string of the molecule is COC(=O)C1=C(C)N(CC#Cc2ccc(O)cc2)C(C)=C(C(=O)O)C1c1cccc([N+](=O)[O-])c1. The summed E-state index contributed by atoms with van der Waals surface area (Å²) >= 11 is 0. The van der Waals surface area contributed by atoms with Crippen LogP contribution >= 0.6 is 0 Å². The van der Waals surface area contributed by atoms with Crippen LogP contribution in [0.2, 0.25) is 0 Å². The predicted molar refractivity (Wildman–Crippen MR) is 123 cm³/mol. The van der Waals surface area contributed by atoms with Crippen LogP contribution in [0.15, 0.2) is 71.1 Å². The molecular weight excluding hydrogens is 440 g/mol. The first-order valence-corrected chi connectivity index (χ1v) is 10.2. The fourth-order valence-corrected chi connectivity index (χ4v) is 3.91. The number of phenolic OH excluding ortho intramolecular Hbond substituents is 1. The fraction of sp³-hybridized carbons (Fsp3) is 0.200. The number of allylic oxidation sites excluding steroid dienone is 2. The van der Waals surface area contributed by atoms with Crippen LogP contribution in [0, 0.1) is 22.0 Å². The lowest BCUT2D eigenvalue weighted by Gasteiger charge is -2.36. The zero-order valence-corrected chi connectivity index (χ0v) is 18.7. The van der Waals surface area contributed by atoms with E-state index in [2.05, 4.69) is 11.8 Å². The average Bonchev–Trinajstić information content (AvgIpc) is 2.81. The maximum atomic E-state index is 12.8. The van der Waals surface area contributed by atoms with Gasteiger partial charge >= 0.3 is 11.9 Å². The number of esters is 1. The number of nitro benzene ring substituents is 1. The number of methoxy groups -OCH3 is 1. The van der Waals surface area contributed by atoms with Crippen LogP contribution in [-0.4, -0.2) is 45.6 Å². The van der Waals surface area contributed by atoms with E-state index in [0.29, 0.717) is 22.5 Å².